The summed E-state index contributed by atoms with van der Waals surface area (Å²) in [6.07, 6.45) is -4.87. The van der Waals surface area contributed by atoms with E-state index in [9.17, 15) is 26.7 Å². The van der Waals surface area contributed by atoms with Crippen molar-refractivity contribution in [3.8, 4) is 0 Å². The zero-order chi connectivity index (χ0) is 18.4. The summed E-state index contributed by atoms with van der Waals surface area (Å²) in [5.41, 5.74) is -0.648. The molecular weight excluding hydrogens is 409 g/mol. The van der Waals surface area contributed by atoms with Gasteiger partial charge in [-0.25, -0.2) is 8.78 Å². The van der Waals surface area contributed by atoms with Crippen LogP contribution in [0.5, 0.6) is 0 Å². The molecule has 2 aromatic carbocycles. The maximum Gasteiger partial charge on any atom is 0.416 e. The highest BCUT2D eigenvalue weighted by Gasteiger charge is 2.32. The summed E-state index contributed by atoms with van der Waals surface area (Å²) in [5, 5.41) is 0. The Morgan fingerprint density at radius 1 is 1.16 bits per heavy atom. The normalized spacial score (nSPS) is 13.9. The highest BCUT2D eigenvalue weighted by Crippen LogP contribution is 2.35. The molecule has 2 nitrogen and oxygen atoms in total. The Balaban J connectivity index is 1.87. The topological polar surface area (TPSA) is 20.3 Å². The second-order valence-corrected chi connectivity index (χ2v) is 6.49. The lowest BCUT2D eigenvalue weighted by atomic mass is 10.1. The number of fused-ring (bicyclic) bond motifs is 1. The Morgan fingerprint density at radius 2 is 1.88 bits per heavy atom. The van der Waals surface area contributed by atoms with Gasteiger partial charge >= 0.3 is 6.18 Å². The van der Waals surface area contributed by atoms with Gasteiger partial charge in [-0.2, -0.15) is 13.2 Å². The minimum absolute atomic E-state index is 0.197. The summed E-state index contributed by atoms with van der Waals surface area (Å²) in [6, 6.07) is 4.95. The van der Waals surface area contributed by atoms with Gasteiger partial charge in [-0.15, -0.1) is 0 Å². The van der Waals surface area contributed by atoms with Crippen LogP contribution in [0.15, 0.2) is 34.8 Å². The van der Waals surface area contributed by atoms with E-state index < -0.39 is 35.7 Å². The number of hydrogen-bond acceptors (Lipinski definition) is 1. The first-order valence-electron chi connectivity index (χ1n) is 7.31. The molecule has 0 saturated carbocycles. The van der Waals surface area contributed by atoms with Gasteiger partial charge in [0.2, 0.25) is 5.91 Å². The molecule has 0 N–H and O–H groups in total. The molecule has 1 amide bonds. The molecule has 0 fully saturated rings. The average molecular weight is 420 g/mol. The third-order valence-corrected chi connectivity index (χ3v) is 4.68. The van der Waals surface area contributed by atoms with Gasteiger partial charge in [0, 0.05) is 17.8 Å². The highest BCUT2D eigenvalue weighted by molar-refractivity contribution is 9.10. The van der Waals surface area contributed by atoms with Crippen LogP contribution in [-0.4, -0.2) is 12.5 Å². The minimum Gasteiger partial charge on any atom is -0.311 e. The number of nitrogens with zero attached hydrogens (tertiary/aromatic N) is 1. The molecule has 0 bridgehead atoms. The lowest BCUT2D eigenvalue weighted by molar-refractivity contribution is -0.137. The summed E-state index contributed by atoms with van der Waals surface area (Å²) in [4.78, 5) is 13.7. The predicted octanol–water partition coefficient (Wildman–Crippen LogP) is 4.88. The molecule has 0 radical (unpaired) electrons. The smallest absolute Gasteiger partial charge is 0.311 e. The fourth-order valence-electron chi connectivity index (χ4n) is 2.82. The van der Waals surface area contributed by atoms with Crippen LogP contribution in [0.2, 0.25) is 0 Å². The van der Waals surface area contributed by atoms with E-state index in [0.717, 1.165) is 0 Å². The largest absolute Gasteiger partial charge is 0.416 e. The number of halogens is 6. The van der Waals surface area contributed by atoms with Gasteiger partial charge in [0.1, 0.15) is 11.6 Å². The maximum absolute atomic E-state index is 14.0. The summed E-state index contributed by atoms with van der Waals surface area (Å²) in [7, 11) is 0. The third kappa shape index (κ3) is 3.40. The Kier molecular flexibility index (Phi) is 4.57. The number of benzene rings is 2. The second-order valence-electron chi connectivity index (χ2n) is 5.64. The van der Waals surface area contributed by atoms with Crippen molar-refractivity contribution >= 4 is 27.5 Å². The Hall–Kier alpha value is -1.96. The molecule has 0 atom stereocenters. The van der Waals surface area contributed by atoms with Gasteiger partial charge in [0.25, 0.3) is 0 Å². The fourth-order valence-corrected chi connectivity index (χ4v) is 3.19. The van der Waals surface area contributed by atoms with Crippen LogP contribution in [0.4, 0.5) is 27.6 Å². The minimum atomic E-state index is -4.62. The molecule has 1 aliphatic rings. The van der Waals surface area contributed by atoms with E-state index in [1.54, 1.807) is 6.07 Å². The van der Waals surface area contributed by atoms with Crippen LogP contribution in [0, 0.1) is 11.6 Å². The van der Waals surface area contributed by atoms with E-state index in [0.29, 0.717) is 29.4 Å². The van der Waals surface area contributed by atoms with Gasteiger partial charge in [-0.1, -0.05) is 0 Å². The van der Waals surface area contributed by atoms with Gasteiger partial charge in [0.15, 0.2) is 0 Å². The molecule has 8 heteroatoms. The number of amides is 1. The van der Waals surface area contributed by atoms with Gasteiger partial charge in [0.05, 0.1) is 16.5 Å². The molecule has 0 spiro atoms. The zero-order valence-corrected chi connectivity index (χ0v) is 14.2. The van der Waals surface area contributed by atoms with E-state index in [-0.39, 0.29) is 23.0 Å². The Labute approximate surface area is 148 Å². The Bertz CT molecular complexity index is 850. The van der Waals surface area contributed by atoms with Crippen molar-refractivity contribution in [1.82, 2.24) is 0 Å². The third-order valence-electron chi connectivity index (χ3n) is 4.06. The fraction of sp³-hybridized carbons (Fsp3) is 0.235. The van der Waals surface area contributed by atoms with E-state index in [1.807, 2.05) is 0 Å². The lowest BCUT2D eigenvalue weighted by Gasteiger charge is -2.18. The predicted molar refractivity (Wildman–Crippen MR) is 85.3 cm³/mol. The van der Waals surface area contributed by atoms with Crippen molar-refractivity contribution in [3.05, 3.63) is 63.1 Å². The van der Waals surface area contributed by atoms with Crippen molar-refractivity contribution in [2.24, 2.45) is 0 Å². The lowest BCUT2D eigenvalue weighted by Crippen LogP contribution is -2.30. The van der Waals surface area contributed by atoms with Crippen LogP contribution in [0.3, 0.4) is 0 Å². The molecule has 25 heavy (non-hydrogen) atoms. The molecule has 1 aliphatic heterocycles. The van der Waals surface area contributed by atoms with E-state index in [1.165, 1.54) is 11.0 Å². The molecule has 132 valence electrons. The van der Waals surface area contributed by atoms with Crippen molar-refractivity contribution < 1.29 is 26.7 Å². The van der Waals surface area contributed by atoms with Crippen LogP contribution in [0.1, 0.15) is 16.7 Å². The first-order chi connectivity index (χ1) is 11.7. The van der Waals surface area contributed by atoms with Crippen molar-refractivity contribution in [1.29, 1.82) is 0 Å². The van der Waals surface area contributed by atoms with Gasteiger partial charge in [-0.3, -0.25) is 4.79 Å². The van der Waals surface area contributed by atoms with E-state index in [4.69, 9.17) is 0 Å². The molecule has 0 aliphatic carbocycles. The quantitative estimate of drug-likeness (QED) is 0.635. The SMILES string of the molecule is O=C(Cc1cc(C(F)(F)F)ccc1F)N1CCc2c1ccc(Br)c2F. The van der Waals surface area contributed by atoms with E-state index >= 15 is 0 Å². The average Bonchev–Trinajstić information content (AvgIpc) is 2.96. The highest BCUT2D eigenvalue weighted by atomic mass is 79.9. The first kappa shape index (κ1) is 17.8. The summed E-state index contributed by atoms with van der Waals surface area (Å²) in [6.45, 7) is 0.197. The number of carbonyl (C=O) groups excluding carboxylic acids is 1. The van der Waals surface area contributed by atoms with Crippen LogP contribution >= 0.6 is 15.9 Å². The van der Waals surface area contributed by atoms with Crippen molar-refractivity contribution in [2.75, 3.05) is 11.4 Å². The molecule has 0 saturated heterocycles. The van der Waals surface area contributed by atoms with E-state index in [2.05, 4.69) is 15.9 Å². The molecule has 0 unspecified atom stereocenters. The van der Waals surface area contributed by atoms with Crippen molar-refractivity contribution in [2.45, 2.75) is 19.0 Å². The van der Waals surface area contributed by atoms with Gasteiger partial charge < -0.3 is 4.90 Å². The molecule has 3 rings (SSSR count). The molecule has 2 aromatic rings. The zero-order valence-electron chi connectivity index (χ0n) is 12.6. The maximum atomic E-state index is 14.0. The number of hydrogen-bond donors (Lipinski definition) is 0. The van der Waals surface area contributed by atoms with Crippen molar-refractivity contribution in [3.63, 3.8) is 0 Å². The second kappa shape index (κ2) is 6.40. The number of carbonyl (C=O) groups is 1. The number of anilines is 1. The summed E-state index contributed by atoms with van der Waals surface area (Å²) < 4.78 is 66.4. The molecular formula is C17H11BrF5NO. The summed E-state index contributed by atoms with van der Waals surface area (Å²) >= 11 is 3.06. The summed E-state index contributed by atoms with van der Waals surface area (Å²) in [5.74, 6) is -1.94. The molecule has 1 heterocycles. The standard InChI is InChI=1S/C17H11BrF5NO/c18-12-2-4-14-11(16(12)20)5-6-24(14)15(25)8-9-7-10(17(21,22)23)1-3-13(9)19/h1-4,7H,5-6,8H2. The monoisotopic (exact) mass is 419 g/mol. The first-order valence-corrected chi connectivity index (χ1v) is 8.10. The number of alkyl halides is 3. The Morgan fingerprint density at radius 3 is 2.56 bits per heavy atom. The van der Waals surface area contributed by atoms with Crippen LogP contribution in [-0.2, 0) is 23.8 Å². The van der Waals surface area contributed by atoms with Crippen LogP contribution in [0.25, 0.3) is 0 Å². The van der Waals surface area contributed by atoms with Gasteiger partial charge in [-0.05, 0) is 58.2 Å². The van der Waals surface area contributed by atoms with Crippen LogP contribution < -0.4 is 4.90 Å². The molecule has 0 aromatic heterocycles. The number of rotatable bonds is 2.